The van der Waals surface area contributed by atoms with Crippen LogP contribution >= 0.6 is 0 Å². The highest BCUT2D eigenvalue weighted by Gasteiger charge is 2.34. The molecule has 2 rings (SSSR count). The second kappa shape index (κ2) is 7.42. The molecule has 0 radical (unpaired) electrons. The van der Waals surface area contributed by atoms with Crippen LogP contribution in [-0.2, 0) is 11.3 Å². The van der Waals surface area contributed by atoms with E-state index in [4.69, 9.17) is 4.74 Å². The first-order chi connectivity index (χ1) is 10.1. The minimum atomic E-state index is 0.109. The maximum Gasteiger partial charge on any atom is 0.0692 e. The van der Waals surface area contributed by atoms with Crippen molar-refractivity contribution in [2.45, 2.75) is 77.5 Å². The van der Waals surface area contributed by atoms with Crippen molar-refractivity contribution in [1.82, 2.24) is 5.32 Å². The molecule has 1 saturated heterocycles. The number of hydrogen-bond acceptors (Lipinski definition) is 2. The third-order valence-corrected chi connectivity index (χ3v) is 5.02. The molecule has 1 unspecified atom stereocenters. The zero-order chi connectivity index (χ0) is 15.3. The molecule has 118 valence electrons. The molecule has 0 amide bonds. The van der Waals surface area contributed by atoms with E-state index in [-0.39, 0.29) is 5.60 Å². The van der Waals surface area contributed by atoms with Crippen LogP contribution in [0.2, 0.25) is 0 Å². The van der Waals surface area contributed by atoms with Gasteiger partial charge in [0.2, 0.25) is 0 Å². The van der Waals surface area contributed by atoms with Crippen molar-refractivity contribution in [1.29, 1.82) is 0 Å². The lowest BCUT2D eigenvalue weighted by molar-refractivity contribution is -0.0932. The van der Waals surface area contributed by atoms with Crippen LogP contribution in [-0.4, -0.2) is 18.2 Å². The maximum atomic E-state index is 6.05. The van der Waals surface area contributed by atoms with Gasteiger partial charge in [-0.25, -0.2) is 0 Å². The fraction of sp³-hybridized carbons (Fsp3) is 0.684. The molecule has 0 aliphatic carbocycles. The van der Waals surface area contributed by atoms with Crippen molar-refractivity contribution >= 4 is 0 Å². The Morgan fingerprint density at radius 3 is 2.43 bits per heavy atom. The third-order valence-electron chi connectivity index (χ3n) is 5.02. The van der Waals surface area contributed by atoms with Gasteiger partial charge in [-0.3, -0.25) is 0 Å². The number of benzene rings is 1. The second-order valence-electron chi connectivity index (χ2n) is 6.71. The Labute approximate surface area is 130 Å². The molecule has 0 spiro atoms. The van der Waals surface area contributed by atoms with E-state index in [1.54, 1.807) is 0 Å². The van der Waals surface area contributed by atoms with Gasteiger partial charge in [-0.05, 0) is 42.7 Å². The van der Waals surface area contributed by atoms with E-state index >= 15 is 0 Å². The van der Waals surface area contributed by atoms with Gasteiger partial charge < -0.3 is 10.1 Å². The van der Waals surface area contributed by atoms with Crippen molar-refractivity contribution in [2.75, 3.05) is 6.61 Å². The Morgan fingerprint density at radius 1 is 1.19 bits per heavy atom. The summed E-state index contributed by atoms with van der Waals surface area (Å²) in [4.78, 5) is 0. The van der Waals surface area contributed by atoms with Crippen LogP contribution in [0.1, 0.15) is 70.4 Å². The molecule has 21 heavy (non-hydrogen) atoms. The predicted octanol–water partition coefficient (Wildman–Crippen LogP) is 4.64. The third kappa shape index (κ3) is 4.31. The van der Waals surface area contributed by atoms with Gasteiger partial charge in [0.05, 0.1) is 5.60 Å². The van der Waals surface area contributed by atoms with Crippen molar-refractivity contribution in [3.05, 3.63) is 35.4 Å². The van der Waals surface area contributed by atoms with Crippen LogP contribution in [0.25, 0.3) is 0 Å². The number of nitrogens with one attached hydrogen (secondary N) is 1. The zero-order valence-corrected chi connectivity index (χ0v) is 14.1. The standard InChI is InChI=1S/C19H31NO/c1-5-19(6-2)13-18(11-12-21-19)20-14-16-7-9-17(10-8-16)15(3)4/h7-10,15,18,20H,5-6,11-14H2,1-4H3. The summed E-state index contributed by atoms with van der Waals surface area (Å²) in [5, 5.41) is 3.73. The van der Waals surface area contributed by atoms with Gasteiger partial charge in [-0.1, -0.05) is 52.0 Å². The van der Waals surface area contributed by atoms with Crippen LogP contribution in [0, 0.1) is 0 Å². The zero-order valence-electron chi connectivity index (χ0n) is 14.1. The molecular weight excluding hydrogens is 258 g/mol. The maximum absolute atomic E-state index is 6.05. The molecule has 2 heteroatoms. The summed E-state index contributed by atoms with van der Waals surface area (Å²) >= 11 is 0. The summed E-state index contributed by atoms with van der Waals surface area (Å²) in [6, 6.07) is 9.62. The SMILES string of the molecule is CCC1(CC)CC(NCc2ccc(C(C)C)cc2)CCO1. The van der Waals surface area contributed by atoms with Crippen LogP contribution < -0.4 is 5.32 Å². The number of hydrogen-bond donors (Lipinski definition) is 1. The summed E-state index contributed by atoms with van der Waals surface area (Å²) in [5.41, 5.74) is 2.91. The molecule has 0 aromatic heterocycles. The molecule has 1 N–H and O–H groups in total. The van der Waals surface area contributed by atoms with Crippen molar-refractivity contribution in [3.8, 4) is 0 Å². The van der Waals surface area contributed by atoms with Gasteiger partial charge in [0.1, 0.15) is 0 Å². The van der Waals surface area contributed by atoms with E-state index in [0.29, 0.717) is 12.0 Å². The first-order valence-electron chi connectivity index (χ1n) is 8.54. The van der Waals surface area contributed by atoms with Crippen LogP contribution in [0.15, 0.2) is 24.3 Å². The van der Waals surface area contributed by atoms with E-state index in [1.165, 1.54) is 11.1 Å². The molecule has 1 aliphatic heterocycles. The minimum absolute atomic E-state index is 0.109. The summed E-state index contributed by atoms with van der Waals surface area (Å²) in [6.07, 6.45) is 4.51. The van der Waals surface area contributed by atoms with E-state index in [2.05, 4.69) is 57.3 Å². The Kier molecular flexibility index (Phi) is 5.83. The number of rotatable bonds is 6. The normalized spacial score (nSPS) is 21.7. The summed E-state index contributed by atoms with van der Waals surface area (Å²) in [6.45, 7) is 10.8. The lowest BCUT2D eigenvalue weighted by Gasteiger charge is -2.40. The Hall–Kier alpha value is -0.860. The van der Waals surface area contributed by atoms with Crippen LogP contribution in [0.4, 0.5) is 0 Å². The van der Waals surface area contributed by atoms with Gasteiger partial charge >= 0.3 is 0 Å². The molecule has 0 saturated carbocycles. The second-order valence-corrected chi connectivity index (χ2v) is 6.71. The molecule has 0 bridgehead atoms. The summed E-state index contributed by atoms with van der Waals surface area (Å²) in [7, 11) is 0. The van der Waals surface area contributed by atoms with E-state index in [1.807, 2.05) is 0 Å². The molecule has 1 heterocycles. The minimum Gasteiger partial charge on any atom is -0.375 e. The lowest BCUT2D eigenvalue weighted by atomic mass is 9.86. The smallest absolute Gasteiger partial charge is 0.0692 e. The van der Waals surface area contributed by atoms with Gasteiger partial charge in [0, 0.05) is 19.2 Å². The monoisotopic (exact) mass is 289 g/mol. The molecule has 2 nitrogen and oxygen atoms in total. The number of ether oxygens (including phenoxy) is 1. The van der Waals surface area contributed by atoms with Crippen LogP contribution in [0.5, 0.6) is 0 Å². The quantitative estimate of drug-likeness (QED) is 0.824. The van der Waals surface area contributed by atoms with Crippen molar-refractivity contribution < 1.29 is 4.74 Å². The topological polar surface area (TPSA) is 21.3 Å². The Morgan fingerprint density at radius 2 is 1.86 bits per heavy atom. The fourth-order valence-corrected chi connectivity index (χ4v) is 3.23. The average molecular weight is 289 g/mol. The van der Waals surface area contributed by atoms with E-state index in [9.17, 15) is 0 Å². The van der Waals surface area contributed by atoms with E-state index in [0.717, 1.165) is 38.8 Å². The average Bonchev–Trinajstić information content (AvgIpc) is 2.53. The van der Waals surface area contributed by atoms with Gasteiger partial charge in [0.25, 0.3) is 0 Å². The highest BCUT2D eigenvalue weighted by molar-refractivity contribution is 5.24. The molecule has 1 aromatic carbocycles. The van der Waals surface area contributed by atoms with Crippen molar-refractivity contribution in [3.63, 3.8) is 0 Å². The van der Waals surface area contributed by atoms with Gasteiger partial charge in [0.15, 0.2) is 0 Å². The molecular formula is C19H31NO. The molecule has 1 fully saturated rings. The first kappa shape index (κ1) is 16.5. The first-order valence-corrected chi connectivity index (χ1v) is 8.54. The largest absolute Gasteiger partial charge is 0.375 e. The highest BCUT2D eigenvalue weighted by atomic mass is 16.5. The Bertz CT molecular complexity index is 420. The predicted molar refractivity (Wildman–Crippen MR) is 89.7 cm³/mol. The Balaban J connectivity index is 1.87. The van der Waals surface area contributed by atoms with Crippen LogP contribution in [0.3, 0.4) is 0 Å². The van der Waals surface area contributed by atoms with Gasteiger partial charge in [-0.15, -0.1) is 0 Å². The highest BCUT2D eigenvalue weighted by Crippen LogP contribution is 2.31. The molecule has 1 atom stereocenters. The van der Waals surface area contributed by atoms with E-state index < -0.39 is 0 Å². The molecule has 1 aliphatic rings. The van der Waals surface area contributed by atoms with Gasteiger partial charge in [-0.2, -0.15) is 0 Å². The molecule has 1 aromatic rings. The summed E-state index contributed by atoms with van der Waals surface area (Å²) < 4.78 is 6.05. The fourth-order valence-electron chi connectivity index (χ4n) is 3.23. The van der Waals surface area contributed by atoms with Crippen molar-refractivity contribution in [2.24, 2.45) is 0 Å². The summed E-state index contributed by atoms with van der Waals surface area (Å²) in [5.74, 6) is 0.609. The lowest BCUT2D eigenvalue weighted by Crippen LogP contribution is -2.46.